The van der Waals surface area contributed by atoms with Crippen molar-refractivity contribution in [3.63, 3.8) is 0 Å². The van der Waals surface area contributed by atoms with E-state index in [0.29, 0.717) is 6.54 Å². The van der Waals surface area contributed by atoms with E-state index in [1.807, 2.05) is 0 Å². The third-order valence-corrected chi connectivity index (χ3v) is 1.93. The molecule has 0 unspecified atom stereocenters. The third-order valence-electron chi connectivity index (χ3n) is 1.93. The van der Waals surface area contributed by atoms with Crippen molar-refractivity contribution in [2.75, 3.05) is 13.6 Å². The first kappa shape index (κ1) is 11.4. The first-order valence-electron chi connectivity index (χ1n) is 4.85. The monoisotopic (exact) mass is 172 g/mol. The van der Waals surface area contributed by atoms with Gasteiger partial charge in [0.05, 0.1) is 7.05 Å². The van der Waals surface area contributed by atoms with Gasteiger partial charge in [-0.15, -0.1) is 0 Å². The lowest BCUT2D eigenvalue weighted by molar-refractivity contribution is -0.528. The van der Waals surface area contributed by atoms with E-state index in [1.54, 1.807) is 0 Å². The van der Waals surface area contributed by atoms with Crippen LogP contribution >= 0.6 is 0 Å². The lowest BCUT2D eigenvalue weighted by Crippen LogP contribution is -2.01. The van der Waals surface area contributed by atoms with Crippen molar-refractivity contribution in [3.8, 4) is 0 Å². The van der Waals surface area contributed by atoms with Crippen molar-refractivity contribution < 1.29 is 4.86 Å². The number of nitrogens with zero attached hydrogens (tertiary/aromatic N) is 2. The molecule has 3 heteroatoms. The molecule has 0 aliphatic rings. The van der Waals surface area contributed by atoms with Gasteiger partial charge < -0.3 is 5.21 Å². The zero-order valence-corrected chi connectivity index (χ0v) is 8.25. The van der Waals surface area contributed by atoms with Crippen LogP contribution in [0.4, 0.5) is 0 Å². The minimum absolute atomic E-state index is 0.558. The molecule has 3 nitrogen and oxygen atoms in total. The molecule has 0 spiro atoms. The molecule has 0 aliphatic carbocycles. The summed E-state index contributed by atoms with van der Waals surface area (Å²) in [5.41, 5.74) is 0. The van der Waals surface area contributed by atoms with Crippen LogP contribution in [0, 0.1) is 5.21 Å². The van der Waals surface area contributed by atoms with Gasteiger partial charge in [-0.2, -0.15) is 0 Å². The first-order chi connectivity index (χ1) is 5.81. The SMILES string of the molecule is CCCCCCCC[N+]([O-])=NC. The van der Waals surface area contributed by atoms with E-state index < -0.39 is 0 Å². The summed E-state index contributed by atoms with van der Waals surface area (Å²) in [5.74, 6) is 0. The number of azo groups is 1. The molecule has 0 bridgehead atoms. The Hall–Kier alpha value is -0.600. The van der Waals surface area contributed by atoms with Crippen molar-refractivity contribution in [1.29, 1.82) is 0 Å². The number of hydroxylamine groups is 1. The van der Waals surface area contributed by atoms with Gasteiger partial charge in [-0.25, -0.2) is 0 Å². The van der Waals surface area contributed by atoms with E-state index >= 15 is 0 Å². The van der Waals surface area contributed by atoms with Crippen molar-refractivity contribution >= 4 is 0 Å². The highest BCUT2D eigenvalue weighted by molar-refractivity contribution is 4.42. The van der Waals surface area contributed by atoms with Crippen LogP contribution in [-0.4, -0.2) is 18.5 Å². The van der Waals surface area contributed by atoms with Gasteiger partial charge in [0.1, 0.15) is 0 Å². The molecular formula is C9H20N2O. The Bertz CT molecular complexity index is 124. The summed E-state index contributed by atoms with van der Waals surface area (Å²) in [5, 5.41) is 14.2. The fourth-order valence-corrected chi connectivity index (χ4v) is 1.13. The molecule has 0 saturated carbocycles. The van der Waals surface area contributed by atoms with Gasteiger partial charge in [0.2, 0.25) is 0 Å². The maximum absolute atomic E-state index is 10.7. The van der Waals surface area contributed by atoms with Crippen molar-refractivity contribution in [1.82, 2.24) is 0 Å². The molecule has 12 heavy (non-hydrogen) atoms. The highest BCUT2D eigenvalue weighted by Gasteiger charge is 1.94. The Kier molecular flexibility index (Phi) is 8.07. The van der Waals surface area contributed by atoms with Crippen LogP contribution in [0.3, 0.4) is 0 Å². The van der Waals surface area contributed by atoms with Gasteiger partial charge in [-0.05, 0) is 11.5 Å². The molecule has 0 radical (unpaired) electrons. The maximum atomic E-state index is 10.7. The predicted molar refractivity (Wildman–Crippen MR) is 50.2 cm³/mol. The second-order valence-corrected chi connectivity index (χ2v) is 3.04. The summed E-state index contributed by atoms with van der Waals surface area (Å²) in [6, 6.07) is 0. The van der Waals surface area contributed by atoms with Gasteiger partial charge in [0, 0.05) is 6.42 Å². The molecule has 72 valence electrons. The summed E-state index contributed by atoms with van der Waals surface area (Å²) in [4.78, 5) is 0.764. The second-order valence-electron chi connectivity index (χ2n) is 3.04. The largest absolute Gasteiger partial charge is 0.600 e. The number of hydrogen-bond donors (Lipinski definition) is 0. The van der Waals surface area contributed by atoms with Crippen molar-refractivity contribution in [3.05, 3.63) is 5.21 Å². The van der Waals surface area contributed by atoms with Gasteiger partial charge >= 0.3 is 0 Å². The molecule has 0 aromatic carbocycles. The van der Waals surface area contributed by atoms with Crippen molar-refractivity contribution in [2.24, 2.45) is 5.11 Å². The molecule has 0 heterocycles. The Morgan fingerprint density at radius 1 is 1.08 bits per heavy atom. The van der Waals surface area contributed by atoms with E-state index in [-0.39, 0.29) is 0 Å². The molecule has 0 fully saturated rings. The molecule has 0 amide bonds. The van der Waals surface area contributed by atoms with Crippen LogP contribution in [0.25, 0.3) is 0 Å². The summed E-state index contributed by atoms with van der Waals surface area (Å²) >= 11 is 0. The highest BCUT2D eigenvalue weighted by Crippen LogP contribution is 2.04. The zero-order valence-electron chi connectivity index (χ0n) is 8.25. The molecule has 0 aromatic rings. The van der Waals surface area contributed by atoms with Crippen LogP contribution in [0.1, 0.15) is 45.4 Å². The number of unbranched alkanes of at least 4 members (excludes halogenated alkanes) is 5. The molecule has 0 saturated heterocycles. The van der Waals surface area contributed by atoms with Crippen LogP contribution in [0.2, 0.25) is 0 Å². The number of rotatable bonds is 7. The minimum Gasteiger partial charge on any atom is -0.600 e. The van der Waals surface area contributed by atoms with Gasteiger partial charge in [-0.1, -0.05) is 37.5 Å². The van der Waals surface area contributed by atoms with Crippen LogP contribution in [0.15, 0.2) is 5.11 Å². The first-order valence-corrected chi connectivity index (χ1v) is 4.85. The average Bonchev–Trinajstić information content (AvgIpc) is 2.10. The second kappa shape index (κ2) is 8.50. The minimum atomic E-state index is 0.558. The third kappa shape index (κ3) is 7.51. The fourth-order valence-electron chi connectivity index (χ4n) is 1.13. The van der Waals surface area contributed by atoms with Gasteiger partial charge in [-0.3, -0.25) is 0 Å². The van der Waals surface area contributed by atoms with Gasteiger partial charge in [0.25, 0.3) is 0 Å². The van der Waals surface area contributed by atoms with E-state index in [0.717, 1.165) is 17.7 Å². The zero-order chi connectivity index (χ0) is 9.23. The topological polar surface area (TPSA) is 38.4 Å². The molecular weight excluding hydrogens is 152 g/mol. The average molecular weight is 172 g/mol. The van der Waals surface area contributed by atoms with E-state index in [1.165, 1.54) is 32.7 Å². The Balaban J connectivity index is 3.00. The summed E-state index contributed by atoms with van der Waals surface area (Å²) < 4.78 is 0. The quantitative estimate of drug-likeness (QED) is 0.252. The summed E-state index contributed by atoms with van der Waals surface area (Å²) in [6.45, 7) is 2.76. The number of hydrogen-bond acceptors (Lipinski definition) is 2. The van der Waals surface area contributed by atoms with E-state index in [4.69, 9.17) is 0 Å². The Morgan fingerprint density at radius 2 is 1.67 bits per heavy atom. The molecule has 0 aliphatic heterocycles. The molecule has 0 N–H and O–H groups in total. The predicted octanol–water partition coefficient (Wildman–Crippen LogP) is 2.94. The van der Waals surface area contributed by atoms with Crippen LogP contribution in [-0.2, 0) is 0 Å². The smallest absolute Gasteiger partial charge is 0.180 e. The molecule has 0 aromatic heterocycles. The molecule has 0 rings (SSSR count). The van der Waals surface area contributed by atoms with Gasteiger partial charge in [0.15, 0.2) is 6.54 Å². The van der Waals surface area contributed by atoms with E-state index in [9.17, 15) is 5.21 Å². The van der Waals surface area contributed by atoms with E-state index in [2.05, 4.69) is 12.0 Å². The lowest BCUT2D eigenvalue weighted by atomic mass is 10.1. The highest BCUT2D eigenvalue weighted by atomic mass is 16.5. The standard InChI is InChI=1S/C9H20N2O/c1-3-4-5-6-7-8-9-11(12)10-2/h3-9H2,1-2H3. The Morgan fingerprint density at radius 3 is 2.25 bits per heavy atom. The molecule has 0 atom stereocenters. The van der Waals surface area contributed by atoms with Crippen LogP contribution < -0.4 is 0 Å². The Labute approximate surface area is 75.1 Å². The van der Waals surface area contributed by atoms with Crippen LogP contribution in [0.5, 0.6) is 0 Å². The fraction of sp³-hybridized carbons (Fsp3) is 1.00. The summed E-state index contributed by atoms with van der Waals surface area (Å²) in [6.07, 6.45) is 7.29. The van der Waals surface area contributed by atoms with Crippen molar-refractivity contribution in [2.45, 2.75) is 45.4 Å². The lowest BCUT2D eigenvalue weighted by Gasteiger charge is -1.99. The summed E-state index contributed by atoms with van der Waals surface area (Å²) in [7, 11) is 1.53. The normalized spacial score (nSPS) is 12.0. The maximum Gasteiger partial charge on any atom is 0.180 e.